The van der Waals surface area contributed by atoms with Gasteiger partial charge < -0.3 is 20.4 Å². The topological polar surface area (TPSA) is 111 Å². The van der Waals surface area contributed by atoms with Crippen LogP contribution in [0.4, 0.5) is 26.4 Å². The predicted molar refractivity (Wildman–Crippen MR) is 128 cm³/mol. The summed E-state index contributed by atoms with van der Waals surface area (Å²) in [6.07, 6.45) is 1.13. The number of hydrogen-bond donors (Lipinski definition) is 3. The highest BCUT2D eigenvalue weighted by molar-refractivity contribution is 5.89. The van der Waals surface area contributed by atoms with Gasteiger partial charge in [-0.25, -0.2) is 28.7 Å². The first-order valence-electron chi connectivity index (χ1n) is 11.9. The molecule has 9 nitrogen and oxygen atoms in total. The molecule has 1 fully saturated rings. The second kappa shape index (κ2) is 9.56. The Morgan fingerprint density at radius 3 is 2.69 bits per heavy atom. The molecule has 0 spiro atoms. The Balaban J connectivity index is 1.43. The van der Waals surface area contributed by atoms with Gasteiger partial charge >= 0.3 is 0 Å². The molecule has 1 unspecified atom stereocenters. The van der Waals surface area contributed by atoms with Crippen molar-refractivity contribution in [2.24, 2.45) is 0 Å². The second-order valence-corrected chi connectivity index (χ2v) is 9.20. The highest BCUT2D eigenvalue weighted by Crippen LogP contribution is 2.34. The summed E-state index contributed by atoms with van der Waals surface area (Å²) in [5.41, 5.74) is 3.12. The van der Waals surface area contributed by atoms with E-state index in [1.807, 2.05) is 12.1 Å². The summed E-state index contributed by atoms with van der Waals surface area (Å²) < 4.78 is 27.5. The average Bonchev–Trinajstić information content (AvgIpc) is 2.84. The molecule has 0 saturated carbocycles. The maximum absolute atomic E-state index is 13.8. The molecule has 0 bridgehead atoms. The highest BCUT2D eigenvalue weighted by atomic mass is 19.3. The van der Waals surface area contributed by atoms with Gasteiger partial charge in [0.05, 0.1) is 18.4 Å². The summed E-state index contributed by atoms with van der Waals surface area (Å²) in [7, 11) is 0. The van der Waals surface area contributed by atoms with Gasteiger partial charge in [-0.15, -0.1) is 0 Å². The Morgan fingerprint density at radius 2 is 1.94 bits per heavy atom. The Morgan fingerprint density at radius 1 is 1.14 bits per heavy atom. The maximum Gasteiger partial charge on any atom is 0.251 e. The average molecular weight is 486 g/mol. The van der Waals surface area contributed by atoms with Crippen molar-refractivity contribution in [3.8, 4) is 0 Å². The molecule has 186 valence electrons. The van der Waals surface area contributed by atoms with Gasteiger partial charge in [-0.2, -0.15) is 0 Å². The van der Waals surface area contributed by atoms with Crippen molar-refractivity contribution in [1.82, 2.24) is 24.8 Å². The number of pyridine rings is 2. The Hall–Kier alpha value is -3.02. The molecule has 0 amide bonds. The van der Waals surface area contributed by atoms with Crippen molar-refractivity contribution in [2.75, 3.05) is 43.0 Å². The molecule has 0 radical (unpaired) electrons. The molecule has 0 aromatic carbocycles. The minimum absolute atomic E-state index is 0.136. The van der Waals surface area contributed by atoms with E-state index in [4.69, 9.17) is 4.98 Å². The van der Waals surface area contributed by atoms with E-state index < -0.39 is 12.0 Å². The lowest BCUT2D eigenvalue weighted by molar-refractivity contribution is -0.0221. The minimum Gasteiger partial charge on any atom is -0.395 e. The summed E-state index contributed by atoms with van der Waals surface area (Å²) in [5, 5.41) is 23.1. The zero-order chi connectivity index (χ0) is 24.6. The van der Waals surface area contributed by atoms with E-state index >= 15 is 0 Å². The van der Waals surface area contributed by atoms with Crippen LogP contribution in [0.15, 0.2) is 24.4 Å². The normalized spacial score (nSPS) is 18.9. The molecule has 5 rings (SSSR count). The van der Waals surface area contributed by atoms with E-state index in [1.165, 1.54) is 0 Å². The van der Waals surface area contributed by atoms with Gasteiger partial charge in [-0.05, 0) is 24.6 Å². The fourth-order valence-corrected chi connectivity index (χ4v) is 4.57. The summed E-state index contributed by atoms with van der Waals surface area (Å²) in [6.45, 7) is 4.31. The first-order chi connectivity index (χ1) is 16.8. The summed E-state index contributed by atoms with van der Waals surface area (Å²) in [6, 6.07) is 5.61. The van der Waals surface area contributed by atoms with Crippen LogP contribution >= 0.6 is 0 Å². The van der Waals surface area contributed by atoms with Crippen LogP contribution in [0, 0.1) is 0 Å². The monoisotopic (exact) mass is 485 g/mol. The summed E-state index contributed by atoms with van der Waals surface area (Å²) >= 11 is 0. The Labute approximate surface area is 201 Å². The van der Waals surface area contributed by atoms with Gasteiger partial charge in [0.15, 0.2) is 5.82 Å². The largest absolute Gasteiger partial charge is 0.395 e. The molecular weight excluding hydrogens is 456 g/mol. The van der Waals surface area contributed by atoms with E-state index in [0.717, 1.165) is 30.8 Å². The molecule has 1 atom stereocenters. The van der Waals surface area contributed by atoms with Crippen LogP contribution in [-0.2, 0) is 13.0 Å². The van der Waals surface area contributed by atoms with Crippen molar-refractivity contribution in [2.45, 2.75) is 44.8 Å². The number of nitrogens with one attached hydrogen (secondary N) is 1. The molecule has 3 aromatic rings. The lowest BCUT2D eigenvalue weighted by Gasteiger charge is -2.33. The van der Waals surface area contributed by atoms with E-state index in [2.05, 4.69) is 25.2 Å². The van der Waals surface area contributed by atoms with Crippen LogP contribution in [0.5, 0.6) is 0 Å². The van der Waals surface area contributed by atoms with Crippen molar-refractivity contribution < 1.29 is 19.0 Å². The van der Waals surface area contributed by atoms with Crippen LogP contribution in [-0.4, -0.2) is 73.8 Å². The van der Waals surface area contributed by atoms with E-state index in [-0.39, 0.29) is 32.5 Å². The quantitative estimate of drug-likeness (QED) is 0.485. The van der Waals surface area contributed by atoms with Gasteiger partial charge in [0.25, 0.3) is 5.92 Å². The fourth-order valence-electron chi connectivity index (χ4n) is 4.57. The van der Waals surface area contributed by atoms with Crippen LogP contribution in [0.3, 0.4) is 0 Å². The number of anilines is 3. The molecule has 3 N–H and O–H groups in total. The number of piperidine rings is 1. The molecule has 2 aliphatic heterocycles. The van der Waals surface area contributed by atoms with Crippen molar-refractivity contribution in [3.05, 3.63) is 41.3 Å². The van der Waals surface area contributed by atoms with Gasteiger partial charge in [-0.3, -0.25) is 4.90 Å². The Kier molecular flexibility index (Phi) is 6.47. The van der Waals surface area contributed by atoms with Crippen molar-refractivity contribution in [1.29, 1.82) is 0 Å². The Bertz CT molecular complexity index is 1210. The number of rotatable bonds is 6. The van der Waals surface area contributed by atoms with Crippen LogP contribution < -0.4 is 10.2 Å². The number of nitrogens with zero attached hydrogens (tertiary/aromatic N) is 6. The van der Waals surface area contributed by atoms with Gasteiger partial charge in [-0.1, -0.05) is 6.07 Å². The van der Waals surface area contributed by atoms with E-state index in [1.54, 1.807) is 24.1 Å². The van der Waals surface area contributed by atoms with Gasteiger partial charge in [0.2, 0.25) is 5.95 Å². The number of aliphatic hydroxyl groups is 2. The molecule has 2 aliphatic rings. The third kappa shape index (κ3) is 5.16. The molecule has 5 heterocycles. The maximum atomic E-state index is 13.8. The third-order valence-corrected chi connectivity index (χ3v) is 6.57. The lowest BCUT2D eigenvalue weighted by Crippen LogP contribution is -2.40. The number of aromatic nitrogens is 4. The smallest absolute Gasteiger partial charge is 0.251 e. The first-order valence-corrected chi connectivity index (χ1v) is 11.9. The number of halogens is 2. The second-order valence-electron chi connectivity index (χ2n) is 9.20. The fraction of sp³-hybridized carbons (Fsp3) is 0.500. The number of fused-ring (bicyclic) bond motifs is 2. The van der Waals surface area contributed by atoms with Crippen LogP contribution in [0.2, 0.25) is 0 Å². The zero-order valence-corrected chi connectivity index (χ0v) is 19.6. The number of aliphatic hydroxyl groups excluding tert-OH is 2. The van der Waals surface area contributed by atoms with Crippen molar-refractivity contribution in [3.63, 3.8) is 0 Å². The van der Waals surface area contributed by atoms with E-state index in [0.29, 0.717) is 40.7 Å². The highest BCUT2D eigenvalue weighted by Gasteiger charge is 2.35. The molecular formula is C24H29F2N7O2. The van der Waals surface area contributed by atoms with Gasteiger partial charge in [0, 0.05) is 69.3 Å². The minimum atomic E-state index is -2.68. The predicted octanol–water partition coefficient (Wildman–Crippen LogP) is 2.80. The van der Waals surface area contributed by atoms with Crippen molar-refractivity contribution >= 4 is 28.5 Å². The number of hydrogen-bond acceptors (Lipinski definition) is 9. The summed E-state index contributed by atoms with van der Waals surface area (Å²) in [4.78, 5) is 22.4. The number of alkyl halides is 2. The molecule has 35 heavy (non-hydrogen) atoms. The van der Waals surface area contributed by atoms with E-state index in [9.17, 15) is 19.0 Å². The first kappa shape index (κ1) is 23.7. The van der Waals surface area contributed by atoms with Gasteiger partial charge in [0.1, 0.15) is 11.3 Å². The third-order valence-electron chi connectivity index (χ3n) is 6.57. The van der Waals surface area contributed by atoms with Crippen LogP contribution in [0.1, 0.15) is 42.8 Å². The lowest BCUT2D eigenvalue weighted by atomic mass is 10.1. The molecule has 0 aliphatic carbocycles. The zero-order valence-electron chi connectivity index (χ0n) is 19.6. The standard InChI is InChI=1S/C24H29F2N7O2/c1-15(35)19-12-17-13-27-23(31-21(17)22(29-19)33-8-5-24(25,26)6-9-33)30-20-3-2-16-14-32(10-11-34)7-4-18(16)28-20/h2-3,12-13,15,34-35H,4-11,14H2,1H3,(H,27,28,30,31). The number of β-amino-alcohol motifs (C(OH)–C–C–N with tert-alkyl or cyclic N) is 1. The summed E-state index contributed by atoms with van der Waals surface area (Å²) in [5.74, 6) is -1.26. The molecule has 11 heteroatoms. The SMILES string of the molecule is CC(O)c1cc2cnc(Nc3ccc4c(n3)CCN(CCO)C4)nc2c(N2CCC(F)(F)CC2)n1. The molecule has 1 saturated heterocycles. The molecule has 3 aromatic heterocycles. The van der Waals surface area contributed by atoms with Crippen LogP contribution in [0.25, 0.3) is 10.9 Å².